The molecule has 0 spiro atoms. The highest BCUT2D eigenvalue weighted by atomic mass is 32.1. The third-order valence-electron chi connectivity index (χ3n) is 3.90. The Morgan fingerprint density at radius 1 is 1.53 bits per heavy atom. The van der Waals surface area contributed by atoms with Crippen LogP contribution in [0.25, 0.3) is 0 Å². The molecule has 5 heteroatoms. The van der Waals surface area contributed by atoms with Crippen molar-refractivity contribution in [1.29, 1.82) is 0 Å². The fourth-order valence-corrected chi connectivity index (χ4v) is 3.24. The average molecular weight is 281 g/mol. The molecule has 0 amide bonds. The third kappa shape index (κ3) is 3.75. The minimum atomic E-state index is 0.559. The van der Waals surface area contributed by atoms with Gasteiger partial charge in [0.25, 0.3) is 0 Å². The van der Waals surface area contributed by atoms with Gasteiger partial charge in [0.05, 0.1) is 18.9 Å². The molecule has 1 aromatic rings. The van der Waals surface area contributed by atoms with E-state index in [0.29, 0.717) is 6.04 Å². The molecule has 1 N–H and O–H groups in total. The first kappa shape index (κ1) is 13.5. The monoisotopic (exact) mass is 281 g/mol. The van der Waals surface area contributed by atoms with Gasteiger partial charge in [0, 0.05) is 37.1 Å². The molecule has 0 bridgehead atoms. The van der Waals surface area contributed by atoms with E-state index in [4.69, 9.17) is 9.72 Å². The standard InChI is InChI=1S/C14H23N3OS/c1-2-13-9-18-6-5-17(13)8-12-10-19-14(16-12)7-15-11-3-4-11/h10-11,13,15H,2-9H2,1H3. The summed E-state index contributed by atoms with van der Waals surface area (Å²) in [6.45, 7) is 6.91. The summed E-state index contributed by atoms with van der Waals surface area (Å²) in [4.78, 5) is 7.26. The molecule has 1 saturated carbocycles. The van der Waals surface area contributed by atoms with Crippen LogP contribution in [-0.4, -0.2) is 41.7 Å². The topological polar surface area (TPSA) is 37.4 Å². The molecule has 1 aliphatic heterocycles. The summed E-state index contributed by atoms with van der Waals surface area (Å²) in [7, 11) is 0. The summed E-state index contributed by atoms with van der Waals surface area (Å²) in [6, 6.07) is 1.32. The maximum atomic E-state index is 5.55. The average Bonchev–Trinajstić information content (AvgIpc) is 3.17. The Morgan fingerprint density at radius 3 is 3.21 bits per heavy atom. The first-order valence-electron chi connectivity index (χ1n) is 7.33. The maximum Gasteiger partial charge on any atom is 0.107 e. The predicted octanol–water partition coefficient (Wildman–Crippen LogP) is 2.01. The number of thiazole rings is 1. The molecule has 19 heavy (non-hydrogen) atoms. The molecular weight excluding hydrogens is 258 g/mol. The Bertz CT molecular complexity index is 405. The van der Waals surface area contributed by atoms with Gasteiger partial charge in [-0.1, -0.05) is 6.92 Å². The first-order valence-corrected chi connectivity index (χ1v) is 8.21. The molecule has 106 valence electrons. The van der Waals surface area contributed by atoms with Gasteiger partial charge < -0.3 is 10.1 Å². The molecule has 1 saturated heterocycles. The van der Waals surface area contributed by atoms with E-state index in [-0.39, 0.29) is 0 Å². The highest BCUT2D eigenvalue weighted by molar-refractivity contribution is 7.09. The molecule has 1 unspecified atom stereocenters. The lowest BCUT2D eigenvalue weighted by Crippen LogP contribution is -2.44. The van der Waals surface area contributed by atoms with E-state index >= 15 is 0 Å². The van der Waals surface area contributed by atoms with Gasteiger partial charge in [-0.3, -0.25) is 4.90 Å². The van der Waals surface area contributed by atoms with Crippen molar-refractivity contribution in [3.63, 3.8) is 0 Å². The lowest BCUT2D eigenvalue weighted by atomic mass is 10.1. The van der Waals surface area contributed by atoms with Crippen LogP contribution >= 0.6 is 11.3 Å². The van der Waals surface area contributed by atoms with Crippen LogP contribution < -0.4 is 5.32 Å². The van der Waals surface area contributed by atoms with Crippen LogP contribution in [0.3, 0.4) is 0 Å². The first-order chi connectivity index (χ1) is 9.35. The SMILES string of the molecule is CCC1COCCN1Cc1csc(CNC2CC2)n1. The number of morpholine rings is 1. The maximum absolute atomic E-state index is 5.55. The second-order valence-electron chi connectivity index (χ2n) is 5.50. The molecular formula is C14H23N3OS. The smallest absolute Gasteiger partial charge is 0.107 e. The van der Waals surface area contributed by atoms with E-state index in [9.17, 15) is 0 Å². The van der Waals surface area contributed by atoms with Crippen LogP contribution in [0.2, 0.25) is 0 Å². The van der Waals surface area contributed by atoms with Crippen molar-refractivity contribution in [2.75, 3.05) is 19.8 Å². The number of aromatic nitrogens is 1. The predicted molar refractivity (Wildman–Crippen MR) is 77.3 cm³/mol. The van der Waals surface area contributed by atoms with Crippen LogP contribution in [0.5, 0.6) is 0 Å². The van der Waals surface area contributed by atoms with Gasteiger partial charge in [0.2, 0.25) is 0 Å². The van der Waals surface area contributed by atoms with Crippen LogP contribution in [0.1, 0.15) is 36.9 Å². The van der Waals surface area contributed by atoms with E-state index in [1.54, 1.807) is 11.3 Å². The number of rotatable bonds is 6. The minimum Gasteiger partial charge on any atom is -0.378 e. The number of hydrogen-bond acceptors (Lipinski definition) is 5. The highest BCUT2D eigenvalue weighted by Gasteiger charge is 2.23. The molecule has 2 heterocycles. The van der Waals surface area contributed by atoms with Crippen molar-refractivity contribution in [2.45, 2.75) is 51.4 Å². The van der Waals surface area contributed by atoms with Crippen molar-refractivity contribution >= 4 is 11.3 Å². The summed E-state index contributed by atoms with van der Waals surface area (Å²) in [5.74, 6) is 0. The van der Waals surface area contributed by atoms with E-state index in [0.717, 1.165) is 45.3 Å². The summed E-state index contributed by atoms with van der Waals surface area (Å²) in [5, 5.41) is 6.96. The zero-order valence-corrected chi connectivity index (χ0v) is 12.4. The Kier molecular flexibility index (Phi) is 4.48. The Hall–Kier alpha value is -0.490. The largest absolute Gasteiger partial charge is 0.378 e. The summed E-state index contributed by atoms with van der Waals surface area (Å²) in [5.41, 5.74) is 1.22. The van der Waals surface area contributed by atoms with Crippen LogP contribution in [-0.2, 0) is 17.8 Å². The minimum absolute atomic E-state index is 0.559. The molecule has 1 atom stereocenters. The van der Waals surface area contributed by atoms with Crippen LogP contribution in [0.15, 0.2) is 5.38 Å². The lowest BCUT2D eigenvalue weighted by Gasteiger charge is -2.34. The van der Waals surface area contributed by atoms with Gasteiger partial charge in [-0.05, 0) is 19.3 Å². The molecule has 2 aliphatic rings. The number of ether oxygens (including phenoxy) is 1. The molecule has 4 nitrogen and oxygen atoms in total. The van der Waals surface area contributed by atoms with Crippen LogP contribution in [0, 0.1) is 0 Å². The van der Waals surface area contributed by atoms with Crippen molar-refractivity contribution in [3.05, 3.63) is 16.1 Å². The zero-order valence-electron chi connectivity index (χ0n) is 11.6. The van der Waals surface area contributed by atoms with E-state index < -0.39 is 0 Å². The third-order valence-corrected chi connectivity index (χ3v) is 4.80. The lowest BCUT2D eigenvalue weighted by molar-refractivity contribution is -0.0132. The fraction of sp³-hybridized carbons (Fsp3) is 0.786. The Morgan fingerprint density at radius 2 is 2.42 bits per heavy atom. The van der Waals surface area contributed by atoms with Crippen molar-refractivity contribution in [1.82, 2.24) is 15.2 Å². The van der Waals surface area contributed by atoms with Gasteiger partial charge in [0.1, 0.15) is 5.01 Å². The summed E-state index contributed by atoms with van der Waals surface area (Å²) < 4.78 is 5.55. The summed E-state index contributed by atoms with van der Waals surface area (Å²) >= 11 is 1.79. The quantitative estimate of drug-likeness (QED) is 0.865. The number of hydrogen-bond donors (Lipinski definition) is 1. The summed E-state index contributed by atoms with van der Waals surface area (Å²) in [6.07, 6.45) is 3.83. The molecule has 1 aromatic heterocycles. The van der Waals surface area contributed by atoms with Crippen molar-refractivity contribution in [2.24, 2.45) is 0 Å². The van der Waals surface area contributed by atoms with Gasteiger partial charge in [-0.15, -0.1) is 11.3 Å². The number of nitrogens with zero attached hydrogens (tertiary/aromatic N) is 2. The fourth-order valence-electron chi connectivity index (χ4n) is 2.50. The molecule has 0 aromatic carbocycles. The molecule has 1 aliphatic carbocycles. The van der Waals surface area contributed by atoms with E-state index in [2.05, 4.69) is 22.5 Å². The molecule has 3 rings (SSSR count). The molecule has 0 radical (unpaired) electrons. The second-order valence-corrected chi connectivity index (χ2v) is 6.44. The van der Waals surface area contributed by atoms with E-state index in [1.807, 2.05) is 0 Å². The second kappa shape index (κ2) is 6.31. The Balaban J connectivity index is 1.52. The van der Waals surface area contributed by atoms with Crippen LogP contribution in [0.4, 0.5) is 0 Å². The van der Waals surface area contributed by atoms with Crippen molar-refractivity contribution < 1.29 is 4.74 Å². The van der Waals surface area contributed by atoms with Gasteiger partial charge in [-0.2, -0.15) is 0 Å². The van der Waals surface area contributed by atoms with Gasteiger partial charge in [-0.25, -0.2) is 4.98 Å². The van der Waals surface area contributed by atoms with Crippen molar-refractivity contribution in [3.8, 4) is 0 Å². The number of nitrogens with one attached hydrogen (secondary N) is 1. The normalized spacial score (nSPS) is 24.8. The van der Waals surface area contributed by atoms with Gasteiger partial charge >= 0.3 is 0 Å². The molecule has 2 fully saturated rings. The highest BCUT2D eigenvalue weighted by Crippen LogP contribution is 2.21. The van der Waals surface area contributed by atoms with E-state index in [1.165, 1.54) is 23.5 Å². The Labute approximate surface area is 119 Å². The van der Waals surface area contributed by atoms with Gasteiger partial charge in [0.15, 0.2) is 0 Å². The zero-order chi connectivity index (χ0) is 13.1.